The summed E-state index contributed by atoms with van der Waals surface area (Å²) in [6, 6.07) is 12.8. The van der Waals surface area contributed by atoms with Crippen molar-refractivity contribution in [2.24, 2.45) is 5.73 Å². The molecule has 2 N–H and O–H groups in total. The Morgan fingerprint density at radius 3 is 2.57 bits per heavy atom. The van der Waals surface area contributed by atoms with E-state index in [0.29, 0.717) is 0 Å². The summed E-state index contributed by atoms with van der Waals surface area (Å²) < 4.78 is 0. The van der Waals surface area contributed by atoms with Crippen molar-refractivity contribution in [3.8, 4) is 0 Å². The van der Waals surface area contributed by atoms with Gasteiger partial charge in [0.05, 0.1) is 0 Å². The van der Waals surface area contributed by atoms with Crippen LogP contribution in [-0.4, -0.2) is 6.04 Å². The van der Waals surface area contributed by atoms with Crippen molar-refractivity contribution >= 4 is 23.4 Å². The highest BCUT2D eigenvalue weighted by molar-refractivity contribution is 7.99. The molecule has 1 nitrogen and oxygen atoms in total. The Bertz CT molecular complexity index is 625. The quantitative estimate of drug-likeness (QED) is 0.799. The van der Waals surface area contributed by atoms with Crippen LogP contribution in [-0.2, 0) is 6.42 Å². The van der Waals surface area contributed by atoms with Crippen molar-refractivity contribution in [1.82, 2.24) is 0 Å². The Labute approximate surface area is 136 Å². The molecule has 0 bridgehead atoms. The van der Waals surface area contributed by atoms with Gasteiger partial charge in [0.25, 0.3) is 0 Å². The van der Waals surface area contributed by atoms with Gasteiger partial charge in [-0.15, -0.1) is 0 Å². The molecule has 112 valence electrons. The molecule has 1 atom stereocenters. The van der Waals surface area contributed by atoms with E-state index in [1.807, 2.05) is 12.1 Å². The molecule has 21 heavy (non-hydrogen) atoms. The smallest absolute Gasteiger partial charge is 0.0449 e. The first-order chi connectivity index (χ1) is 10.0. The second-order valence-corrected chi connectivity index (χ2v) is 6.96. The van der Waals surface area contributed by atoms with Gasteiger partial charge in [0.1, 0.15) is 0 Å². The van der Waals surface area contributed by atoms with Crippen molar-refractivity contribution < 1.29 is 0 Å². The Balaban J connectivity index is 2.30. The van der Waals surface area contributed by atoms with Gasteiger partial charge in [-0.1, -0.05) is 42.4 Å². The fraction of sp³-hybridized carbons (Fsp3) is 0.333. The van der Waals surface area contributed by atoms with E-state index in [1.54, 1.807) is 11.8 Å². The topological polar surface area (TPSA) is 26.0 Å². The fourth-order valence-corrected chi connectivity index (χ4v) is 3.54. The third-order valence-electron chi connectivity index (χ3n) is 3.77. The maximum Gasteiger partial charge on any atom is 0.0449 e. The summed E-state index contributed by atoms with van der Waals surface area (Å²) in [5.41, 5.74) is 9.91. The first-order valence-electron chi connectivity index (χ1n) is 7.29. The number of benzene rings is 2. The van der Waals surface area contributed by atoms with Gasteiger partial charge in [-0.3, -0.25) is 0 Å². The van der Waals surface area contributed by atoms with Gasteiger partial charge in [0.15, 0.2) is 0 Å². The van der Waals surface area contributed by atoms with Gasteiger partial charge in [-0.2, -0.15) is 0 Å². The van der Waals surface area contributed by atoms with Gasteiger partial charge in [-0.25, -0.2) is 0 Å². The average Bonchev–Trinajstić information content (AvgIpc) is 2.46. The van der Waals surface area contributed by atoms with Gasteiger partial charge < -0.3 is 5.73 Å². The molecule has 0 saturated carbocycles. The minimum atomic E-state index is 0.156. The molecular formula is C18H22ClNS. The van der Waals surface area contributed by atoms with Crippen molar-refractivity contribution in [2.45, 2.75) is 49.4 Å². The van der Waals surface area contributed by atoms with Crippen LogP contribution in [0, 0.1) is 13.8 Å². The number of halogens is 1. The molecule has 0 spiro atoms. The Morgan fingerprint density at radius 2 is 1.90 bits per heavy atom. The van der Waals surface area contributed by atoms with Crippen molar-refractivity contribution in [2.75, 3.05) is 0 Å². The molecule has 0 heterocycles. The van der Waals surface area contributed by atoms with E-state index in [4.69, 9.17) is 17.3 Å². The van der Waals surface area contributed by atoms with Crippen LogP contribution in [0.4, 0.5) is 0 Å². The summed E-state index contributed by atoms with van der Waals surface area (Å²) in [6.07, 6.45) is 1.78. The molecule has 1 unspecified atom stereocenters. The maximum atomic E-state index is 6.38. The van der Waals surface area contributed by atoms with Crippen LogP contribution < -0.4 is 5.73 Å². The number of hydrogen-bond donors (Lipinski definition) is 1. The van der Waals surface area contributed by atoms with E-state index in [2.05, 4.69) is 45.0 Å². The van der Waals surface area contributed by atoms with E-state index in [0.717, 1.165) is 23.4 Å². The van der Waals surface area contributed by atoms with Crippen LogP contribution in [0.5, 0.6) is 0 Å². The second kappa shape index (κ2) is 7.35. The SMILES string of the molecule is CCC(N)Cc1c(Cl)cccc1Sc1ccc(C)c(C)c1. The lowest BCUT2D eigenvalue weighted by Gasteiger charge is -2.15. The zero-order chi connectivity index (χ0) is 15.4. The standard InChI is InChI=1S/C18H22ClNS/c1-4-14(20)11-16-17(19)6-5-7-18(16)21-15-9-8-12(2)13(3)10-15/h5-10,14H,4,11,20H2,1-3H3. The lowest BCUT2D eigenvalue weighted by molar-refractivity contribution is 0.641. The van der Waals surface area contributed by atoms with Crippen molar-refractivity contribution in [3.05, 3.63) is 58.1 Å². The lowest BCUT2D eigenvalue weighted by atomic mass is 10.0. The number of nitrogens with two attached hydrogens (primary N) is 1. The summed E-state index contributed by atoms with van der Waals surface area (Å²) >= 11 is 8.15. The Morgan fingerprint density at radius 1 is 1.14 bits per heavy atom. The molecule has 0 aliphatic rings. The highest BCUT2D eigenvalue weighted by Crippen LogP contribution is 2.35. The third kappa shape index (κ3) is 4.26. The zero-order valence-corrected chi connectivity index (χ0v) is 14.4. The van der Waals surface area contributed by atoms with E-state index >= 15 is 0 Å². The maximum absolute atomic E-state index is 6.38. The van der Waals surface area contributed by atoms with E-state index in [9.17, 15) is 0 Å². The largest absolute Gasteiger partial charge is 0.327 e. The fourth-order valence-electron chi connectivity index (χ4n) is 2.14. The summed E-state index contributed by atoms with van der Waals surface area (Å²) in [4.78, 5) is 2.45. The van der Waals surface area contributed by atoms with E-state index < -0.39 is 0 Å². The van der Waals surface area contributed by atoms with Crippen LogP contribution >= 0.6 is 23.4 Å². The van der Waals surface area contributed by atoms with Gasteiger partial charge >= 0.3 is 0 Å². The molecule has 2 aromatic rings. The van der Waals surface area contributed by atoms with Crippen LogP contribution in [0.25, 0.3) is 0 Å². The van der Waals surface area contributed by atoms with Crippen LogP contribution in [0.15, 0.2) is 46.2 Å². The van der Waals surface area contributed by atoms with Gasteiger partial charge in [-0.05, 0) is 67.6 Å². The zero-order valence-electron chi connectivity index (χ0n) is 12.8. The minimum absolute atomic E-state index is 0.156. The molecule has 2 rings (SSSR count). The van der Waals surface area contributed by atoms with Crippen LogP contribution in [0.1, 0.15) is 30.0 Å². The molecule has 2 aromatic carbocycles. The molecule has 0 aromatic heterocycles. The monoisotopic (exact) mass is 319 g/mol. The lowest BCUT2D eigenvalue weighted by Crippen LogP contribution is -2.21. The molecule has 0 aliphatic carbocycles. The minimum Gasteiger partial charge on any atom is -0.327 e. The normalized spacial score (nSPS) is 12.4. The molecule has 0 fully saturated rings. The van der Waals surface area contributed by atoms with Gasteiger partial charge in [0.2, 0.25) is 0 Å². The molecule has 3 heteroatoms. The average molecular weight is 320 g/mol. The molecular weight excluding hydrogens is 298 g/mol. The summed E-state index contributed by atoms with van der Waals surface area (Å²) in [7, 11) is 0. The van der Waals surface area contributed by atoms with E-state index in [-0.39, 0.29) is 6.04 Å². The molecule has 0 amide bonds. The Hall–Kier alpha value is -0.960. The highest BCUT2D eigenvalue weighted by atomic mass is 35.5. The number of aryl methyl sites for hydroxylation is 2. The van der Waals surface area contributed by atoms with Crippen LogP contribution in [0.2, 0.25) is 5.02 Å². The third-order valence-corrected chi connectivity index (χ3v) is 5.22. The number of hydrogen-bond acceptors (Lipinski definition) is 2. The predicted octanol–water partition coefficient (Wildman–Crippen LogP) is 5.39. The van der Waals surface area contributed by atoms with Crippen molar-refractivity contribution in [1.29, 1.82) is 0 Å². The Kier molecular flexibility index (Phi) is 5.74. The van der Waals surface area contributed by atoms with E-state index in [1.165, 1.54) is 20.9 Å². The predicted molar refractivity (Wildman–Crippen MR) is 93.5 cm³/mol. The highest BCUT2D eigenvalue weighted by Gasteiger charge is 2.12. The van der Waals surface area contributed by atoms with Crippen LogP contribution in [0.3, 0.4) is 0 Å². The molecule has 0 radical (unpaired) electrons. The van der Waals surface area contributed by atoms with Crippen molar-refractivity contribution in [3.63, 3.8) is 0 Å². The molecule has 0 saturated heterocycles. The first-order valence-corrected chi connectivity index (χ1v) is 8.48. The summed E-state index contributed by atoms with van der Waals surface area (Å²) in [5, 5.41) is 0.813. The second-order valence-electron chi connectivity index (χ2n) is 5.44. The molecule has 0 aliphatic heterocycles. The summed E-state index contributed by atoms with van der Waals surface area (Å²) in [5.74, 6) is 0. The summed E-state index contributed by atoms with van der Waals surface area (Å²) in [6.45, 7) is 6.39. The van der Waals surface area contributed by atoms with Gasteiger partial charge in [0, 0.05) is 20.9 Å². The number of rotatable bonds is 5. The first kappa shape index (κ1) is 16.4.